The second-order valence-corrected chi connectivity index (χ2v) is 5.89. The summed E-state index contributed by atoms with van der Waals surface area (Å²) in [6.45, 7) is 10.6. The van der Waals surface area contributed by atoms with E-state index in [2.05, 4.69) is 20.4 Å². The highest BCUT2D eigenvalue weighted by molar-refractivity contribution is 5.95. The van der Waals surface area contributed by atoms with Gasteiger partial charge in [-0.2, -0.15) is 0 Å². The Hall–Kier alpha value is -0.850. The number of hydrogen-bond donors (Lipinski definition) is 0. The first-order valence-electron chi connectivity index (χ1n) is 6.35. The Balaban J connectivity index is 2.38. The van der Waals surface area contributed by atoms with Gasteiger partial charge in [-0.05, 0) is 50.0 Å². The highest BCUT2D eigenvalue weighted by Crippen LogP contribution is 2.52. The molecule has 1 nitrogen and oxygen atoms in total. The van der Waals surface area contributed by atoms with Gasteiger partial charge in [-0.3, -0.25) is 4.79 Å². The van der Waals surface area contributed by atoms with Gasteiger partial charge < -0.3 is 0 Å². The van der Waals surface area contributed by atoms with Crippen LogP contribution < -0.4 is 0 Å². The fraction of sp³-hybridized carbons (Fsp3) is 0.667. The Bertz CT molecular complexity index is 364. The molecule has 0 radical (unpaired) electrons. The largest absolute Gasteiger partial charge is 0.294 e. The lowest BCUT2D eigenvalue weighted by Gasteiger charge is -2.46. The van der Waals surface area contributed by atoms with Gasteiger partial charge in [0.15, 0.2) is 5.78 Å². The summed E-state index contributed by atoms with van der Waals surface area (Å²) in [6, 6.07) is 0. The van der Waals surface area contributed by atoms with Gasteiger partial charge >= 0.3 is 0 Å². The van der Waals surface area contributed by atoms with Crippen molar-refractivity contribution >= 4 is 5.78 Å². The van der Waals surface area contributed by atoms with Crippen molar-refractivity contribution in [2.24, 2.45) is 17.3 Å². The smallest absolute Gasteiger partial charge is 0.162 e. The molecule has 16 heavy (non-hydrogen) atoms. The molecule has 0 aromatic carbocycles. The predicted octanol–water partition coefficient (Wildman–Crippen LogP) is 3.90. The van der Waals surface area contributed by atoms with Crippen molar-refractivity contribution in [3.63, 3.8) is 0 Å². The van der Waals surface area contributed by atoms with Crippen LogP contribution in [0.25, 0.3) is 0 Å². The Labute approximate surface area is 98.6 Å². The summed E-state index contributed by atoms with van der Waals surface area (Å²) < 4.78 is 0. The molecule has 0 spiro atoms. The van der Waals surface area contributed by atoms with Crippen molar-refractivity contribution in [3.8, 4) is 0 Å². The van der Waals surface area contributed by atoms with Crippen molar-refractivity contribution in [3.05, 3.63) is 23.8 Å². The third-order valence-electron chi connectivity index (χ3n) is 4.79. The van der Waals surface area contributed by atoms with E-state index < -0.39 is 0 Å². The van der Waals surface area contributed by atoms with E-state index in [9.17, 15) is 4.79 Å². The van der Waals surface area contributed by atoms with E-state index in [0.29, 0.717) is 5.92 Å². The Morgan fingerprint density at radius 3 is 2.88 bits per heavy atom. The normalized spacial score (nSPS) is 38.9. The van der Waals surface area contributed by atoms with Crippen LogP contribution in [-0.2, 0) is 4.79 Å². The van der Waals surface area contributed by atoms with Crippen molar-refractivity contribution in [2.75, 3.05) is 0 Å². The minimum Gasteiger partial charge on any atom is -0.294 e. The molecule has 3 atom stereocenters. The van der Waals surface area contributed by atoms with Crippen molar-refractivity contribution in [1.82, 2.24) is 0 Å². The molecule has 1 heteroatoms. The first kappa shape index (κ1) is 11.6. The highest BCUT2D eigenvalue weighted by Gasteiger charge is 2.43. The average Bonchev–Trinajstić information content (AvgIpc) is 2.20. The van der Waals surface area contributed by atoms with E-state index in [1.54, 1.807) is 0 Å². The minimum absolute atomic E-state index is 0.0642. The van der Waals surface area contributed by atoms with Crippen molar-refractivity contribution < 1.29 is 4.79 Å². The summed E-state index contributed by atoms with van der Waals surface area (Å²) in [5, 5.41) is 0. The SMILES string of the molecule is C=C(C)C1CC2(C)C(=CC1=O)CCCC2C. The van der Waals surface area contributed by atoms with Gasteiger partial charge in [0.2, 0.25) is 0 Å². The quantitative estimate of drug-likeness (QED) is 0.610. The van der Waals surface area contributed by atoms with Gasteiger partial charge in [-0.25, -0.2) is 0 Å². The fourth-order valence-electron chi connectivity index (χ4n) is 3.30. The van der Waals surface area contributed by atoms with Crippen LogP contribution in [0.2, 0.25) is 0 Å². The molecule has 88 valence electrons. The van der Waals surface area contributed by atoms with E-state index >= 15 is 0 Å². The number of carbonyl (C=O) groups is 1. The van der Waals surface area contributed by atoms with E-state index in [0.717, 1.165) is 18.4 Å². The van der Waals surface area contributed by atoms with Crippen molar-refractivity contribution in [1.29, 1.82) is 0 Å². The maximum Gasteiger partial charge on any atom is 0.162 e. The summed E-state index contributed by atoms with van der Waals surface area (Å²) in [5.74, 6) is 1.05. The van der Waals surface area contributed by atoms with E-state index in [-0.39, 0.29) is 17.1 Å². The Morgan fingerprint density at radius 1 is 1.56 bits per heavy atom. The molecule has 0 N–H and O–H groups in total. The molecular weight excluding hydrogens is 196 g/mol. The molecule has 3 unspecified atom stereocenters. The molecule has 0 saturated heterocycles. The molecule has 2 aliphatic rings. The highest BCUT2D eigenvalue weighted by atomic mass is 16.1. The molecular formula is C15H22O. The standard InChI is InChI=1S/C15H22O/c1-10(2)13-9-15(4)11(3)6-5-7-12(15)8-14(13)16/h8,11,13H,1,5-7,9H2,2-4H3. The molecule has 0 aliphatic heterocycles. The van der Waals surface area contributed by atoms with Gasteiger partial charge in [0, 0.05) is 5.92 Å². The number of allylic oxidation sites excluding steroid dienone is 3. The van der Waals surface area contributed by atoms with Crippen LogP contribution >= 0.6 is 0 Å². The molecule has 1 saturated carbocycles. The van der Waals surface area contributed by atoms with E-state index in [1.165, 1.54) is 18.4 Å². The lowest BCUT2D eigenvalue weighted by Crippen LogP contribution is -2.39. The molecule has 0 aromatic heterocycles. The fourth-order valence-corrected chi connectivity index (χ4v) is 3.30. The minimum atomic E-state index is 0.0642. The number of hydrogen-bond acceptors (Lipinski definition) is 1. The first-order chi connectivity index (χ1) is 7.45. The third kappa shape index (κ3) is 1.66. The molecule has 0 bridgehead atoms. The van der Waals surface area contributed by atoms with Crippen LogP contribution in [0.3, 0.4) is 0 Å². The van der Waals surface area contributed by atoms with Crippen LogP contribution in [0.15, 0.2) is 23.8 Å². The Morgan fingerprint density at radius 2 is 2.25 bits per heavy atom. The zero-order valence-electron chi connectivity index (χ0n) is 10.7. The van der Waals surface area contributed by atoms with Gasteiger partial charge in [-0.15, -0.1) is 0 Å². The zero-order valence-corrected chi connectivity index (χ0v) is 10.7. The number of fused-ring (bicyclic) bond motifs is 1. The van der Waals surface area contributed by atoms with Gasteiger partial charge in [0.05, 0.1) is 0 Å². The number of ketones is 1. The lowest BCUT2D eigenvalue weighted by molar-refractivity contribution is -0.119. The molecule has 2 aliphatic carbocycles. The summed E-state index contributed by atoms with van der Waals surface area (Å²) in [7, 11) is 0. The average molecular weight is 218 g/mol. The van der Waals surface area contributed by atoms with E-state index in [1.807, 2.05) is 13.0 Å². The van der Waals surface area contributed by atoms with E-state index in [4.69, 9.17) is 0 Å². The second kappa shape index (κ2) is 3.87. The van der Waals surface area contributed by atoms with Crippen LogP contribution in [0, 0.1) is 17.3 Å². The first-order valence-corrected chi connectivity index (χ1v) is 6.35. The van der Waals surface area contributed by atoms with Gasteiger partial charge in [0.1, 0.15) is 0 Å². The predicted molar refractivity (Wildman–Crippen MR) is 67.1 cm³/mol. The maximum absolute atomic E-state index is 12.0. The molecule has 0 aromatic rings. The molecule has 1 fully saturated rings. The maximum atomic E-state index is 12.0. The summed E-state index contributed by atoms with van der Waals surface area (Å²) in [6.07, 6.45) is 6.57. The van der Waals surface area contributed by atoms with Crippen molar-refractivity contribution in [2.45, 2.75) is 46.5 Å². The number of carbonyl (C=O) groups excluding carboxylic acids is 1. The molecule has 0 amide bonds. The van der Waals surface area contributed by atoms with Gasteiger partial charge in [0.25, 0.3) is 0 Å². The molecule has 2 rings (SSSR count). The number of rotatable bonds is 1. The van der Waals surface area contributed by atoms with Crippen LogP contribution in [-0.4, -0.2) is 5.78 Å². The zero-order chi connectivity index (χ0) is 11.9. The Kier molecular flexibility index (Phi) is 2.81. The lowest BCUT2D eigenvalue weighted by atomic mass is 9.58. The second-order valence-electron chi connectivity index (χ2n) is 5.89. The summed E-state index contributed by atoms with van der Waals surface area (Å²) >= 11 is 0. The van der Waals surface area contributed by atoms with Crippen LogP contribution in [0.1, 0.15) is 46.5 Å². The third-order valence-corrected chi connectivity index (χ3v) is 4.79. The molecule has 0 heterocycles. The van der Waals surface area contributed by atoms with Crippen LogP contribution in [0.5, 0.6) is 0 Å². The summed E-state index contributed by atoms with van der Waals surface area (Å²) in [5.41, 5.74) is 2.67. The van der Waals surface area contributed by atoms with Gasteiger partial charge in [-0.1, -0.05) is 31.6 Å². The monoisotopic (exact) mass is 218 g/mol. The summed E-state index contributed by atoms with van der Waals surface area (Å²) in [4.78, 5) is 12.0. The van der Waals surface area contributed by atoms with Crippen LogP contribution in [0.4, 0.5) is 0 Å². The topological polar surface area (TPSA) is 17.1 Å².